The van der Waals surface area contributed by atoms with Gasteiger partial charge in [-0.1, -0.05) is 6.92 Å². The molecular formula is C8H15NO3. The average molecular weight is 173 g/mol. The number of hydrogen-bond acceptors (Lipinski definition) is 3. The van der Waals surface area contributed by atoms with Crippen LogP contribution in [-0.2, 0) is 14.3 Å². The van der Waals surface area contributed by atoms with Crippen molar-refractivity contribution in [2.75, 3.05) is 6.61 Å². The van der Waals surface area contributed by atoms with E-state index in [9.17, 15) is 9.59 Å². The van der Waals surface area contributed by atoms with Gasteiger partial charge < -0.3 is 10.1 Å². The smallest absolute Gasteiger partial charge is 0.396 e. The number of carbonyl (C=O) groups excluding carboxylic acids is 2. The summed E-state index contributed by atoms with van der Waals surface area (Å²) in [5.74, 6) is -1.47. The van der Waals surface area contributed by atoms with Gasteiger partial charge >= 0.3 is 11.9 Å². The molecule has 0 aromatic carbocycles. The molecule has 0 aliphatic rings. The maximum Gasteiger partial charge on any atom is 0.396 e. The van der Waals surface area contributed by atoms with Gasteiger partial charge in [0.2, 0.25) is 0 Å². The number of carbonyl (C=O) groups is 2. The molecule has 0 rings (SSSR count). The summed E-state index contributed by atoms with van der Waals surface area (Å²) in [4.78, 5) is 21.7. The van der Waals surface area contributed by atoms with Crippen LogP contribution < -0.4 is 5.32 Å². The summed E-state index contributed by atoms with van der Waals surface area (Å²) in [6.07, 6.45) is 0.797. The summed E-state index contributed by atoms with van der Waals surface area (Å²) >= 11 is 0. The molecule has 0 aromatic rings. The van der Waals surface area contributed by atoms with Crippen molar-refractivity contribution in [2.45, 2.75) is 33.2 Å². The van der Waals surface area contributed by atoms with E-state index in [1.54, 1.807) is 6.92 Å². The third-order valence-corrected chi connectivity index (χ3v) is 1.45. The van der Waals surface area contributed by atoms with E-state index in [4.69, 9.17) is 0 Å². The molecule has 12 heavy (non-hydrogen) atoms. The summed E-state index contributed by atoms with van der Waals surface area (Å²) < 4.78 is 4.50. The van der Waals surface area contributed by atoms with Gasteiger partial charge in [-0.15, -0.1) is 0 Å². The molecule has 0 aliphatic carbocycles. The minimum absolute atomic E-state index is 0.0157. The third kappa shape index (κ3) is 3.95. The Bertz CT molecular complexity index is 168. The van der Waals surface area contributed by atoms with Crippen LogP contribution in [0.5, 0.6) is 0 Å². The van der Waals surface area contributed by atoms with E-state index >= 15 is 0 Å². The van der Waals surface area contributed by atoms with Crippen molar-refractivity contribution in [1.29, 1.82) is 0 Å². The van der Waals surface area contributed by atoms with Gasteiger partial charge in [0.05, 0.1) is 6.61 Å². The van der Waals surface area contributed by atoms with Crippen molar-refractivity contribution in [2.24, 2.45) is 0 Å². The molecule has 0 heterocycles. The first-order valence-corrected chi connectivity index (χ1v) is 4.09. The normalized spacial score (nSPS) is 11.9. The number of esters is 1. The highest BCUT2D eigenvalue weighted by molar-refractivity contribution is 6.32. The van der Waals surface area contributed by atoms with E-state index in [1.165, 1.54) is 0 Å². The largest absolute Gasteiger partial charge is 0.459 e. The zero-order valence-electron chi connectivity index (χ0n) is 7.72. The number of amides is 1. The van der Waals surface area contributed by atoms with Crippen LogP contribution in [-0.4, -0.2) is 24.5 Å². The topological polar surface area (TPSA) is 55.4 Å². The van der Waals surface area contributed by atoms with Crippen LogP contribution in [0, 0.1) is 0 Å². The molecule has 0 unspecified atom stereocenters. The van der Waals surface area contributed by atoms with Crippen molar-refractivity contribution < 1.29 is 14.3 Å². The van der Waals surface area contributed by atoms with Crippen LogP contribution in [0.2, 0.25) is 0 Å². The number of nitrogens with one attached hydrogen (secondary N) is 1. The summed E-state index contributed by atoms with van der Waals surface area (Å²) in [6, 6.07) is 0.0157. The van der Waals surface area contributed by atoms with Gasteiger partial charge in [-0.05, 0) is 20.3 Å². The highest BCUT2D eigenvalue weighted by atomic mass is 16.5. The molecule has 0 saturated heterocycles. The predicted octanol–water partition coefficient (Wildman–Crippen LogP) is 0.464. The molecular weight excluding hydrogens is 158 g/mol. The third-order valence-electron chi connectivity index (χ3n) is 1.45. The van der Waals surface area contributed by atoms with E-state index in [-0.39, 0.29) is 12.6 Å². The van der Waals surface area contributed by atoms with E-state index in [0.29, 0.717) is 0 Å². The molecule has 1 atom stereocenters. The Morgan fingerprint density at radius 1 is 1.42 bits per heavy atom. The second-order valence-corrected chi connectivity index (χ2v) is 2.50. The highest BCUT2D eigenvalue weighted by Crippen LogP contribution is 1.88. The molecule has 1 N–H and O–H groups in total. The highest BCUT2D eigenvalue weighted by Gasteiger charge is 2.15. The maximum atomic E-state index is 10.9. The second kappa shape index (κ2) is 5.57. The fraction of sp³-hybridized carbons (Fsp3) is 0.750. The summed E-state index contributed by atoms with van der Waals surface area (Å²) in [7, 11) is 0. The second-order valence-electron chi connectivity index (χ2n) is 2.50. The summed E-state index contributed by atoms with van der Waals surface area (Å²) in [6.45, 7) is 5.65. The van der Waals surface area contributed by atoms with E-state index in [1.807, 2.05) is 13.8 Å². The first-order chi connectivity index (χ1) is 5.61. The lowest BCUT2D eigenvalue weighted by molar-refractivity contribution is -0.154. The molecule has 0 fully saturated rings. The molecule has 70 valence electrons. The Balaban J connectivity index is 3.79. The van der Waals surface area contributed by atoms with Gasteiger partial charge in [0.15, 0.2) is 0 Å². The van der Waals surface area contributed by atoms with Gasteiger partial charge in [0, 0.05) is 6.04 Å². The Morgan fingerprint density at radius 2 is 2.00 bits per heavy atom. The van der Waals surface area contributed by atoms with Gasteiger partial charge in [-0.2, -0.15) is 0 Å². The lowest BCUT2D eigenvalue weighted by Crippen LogP contribution is -2.38. The zero-order chi connectivity index (χ0) is 9.56. The van der Waals surface area contributed by atoms with E-state index in [2.05, 4.69) is 10.1 Å². The standard InChI is InChI=1S/C8H15NO3/c1-4-6(3)9-7(10)8(11)12-5-2/h6H,4-5H2,1-3H3,(H,9,10)/t6-/m0/s1. The minimum atomic E-state index is -0.808. The Hall–Kier alpha value is -1.06. The predicted molar refractivity (Wildman–Crippen MR) is 44.5 cm³/mol. The first kappa shape index (κ1) is 10.9. The molecule has 4 heteroatoms. The SMILES string of the molecule is CCOC(=O)C(=O)N[C@@H](C)CC. The molecule has 4 nitrogen and oxygen atoms in total. The first-order valence-electron chi connectivity index (χ1n) is 4.09. The van der Waals surface area contributed by atoms with E-state index < -0.39 is 11.9 Å². The lowest BCUT2D eigenvalue weighted by atomic mass is 10.2. The Labute approximate surface area is 72.3 Å². The van der Waals surface area contributed by atoms with Crippen molar-refractivity contribution >= 4 is 11.9 Å². The molecule has 0 aliphatic heterocycles. The van der Waals surface area contributed by atoms with Crippen LogP contribution in [0.4, 0.5) is 0 Å². The quantitative estimate of drug-likeness (QED) is 0.498. The average Bonchev–Trinajstić information content (AvgIpc) is 2.04. The van der Waals surface area contributed by atoms with Crippen LogP contribution >= 0.6 is 0 Å². The summed E-state index contributed by atoms with van der Waals surface area (Å²) in [5, 5.41) is 2.50. The van der Waals surface area contributed by atoms with Crippen molar-refractivity contribution in [3.05, 3.63) is 0 Å². The molecule has 0 spiro atoms. The molecule has 0 saturated carbocycles. The minimum Gasteiger partial charge on any atom is -0.459 e. The fourth-order valence-corrected chi connectivity index (χ4v) is 0.581. The van der Waals surface area contributed by atoms with Gasteiger partial charge in [0.1, 0.15) is 0 Å². The van der Waals surface area contributed by atoms with Crippen molar-refractivity contribution in [3.8, 4) is 0 Å². The van der Waals surface area contributed by atoms with E-state index in [0.717, 1.165) is 6.42 Å². The Kier molecular flexibility index (Phi) is 5.08. The van der Waals surface area contributed by atoms with Gasteiger partial charge in [-0.3, -0.25) is 4.79 Å². The van der Waals surface area contributed by atoms with Crippen molar-refractivity contribution in [3.63, 3.8) is 0 Å². The Morgan fingerprint density at radius 3 is 2.42 bits per heavy atom. The maximum absolute atomic E-state index is 10.9. The number of hydrogen-bond donors (Lipinski definition) is 1. The zero-order valence-corrected chi connectivity index (χ0v) is 7.72. The molecule has 0 bridgehead atoms. The number of ether oxygens (including phenoxy) is 1. The van der Waals surface area contributed by atoms with Crippen LogP contribution in [0.15, 0.2) is 0 Å². The molecule has 0 aromatic heterocycles. The lowest BCUT2D eigenvalue weighted by Gasteiger charge is -2.09. The molecule has 1 amide bonds. The van der Waals surface area contributed by atoms with Gasteiger partial charge in [-0.25, -0.2) is 4.79 Å². The van der Waals surface area contributed by atoms with Crippen LogP contribution in [0.3, 0.4) is 0 Å². The molecule has 0 radical (unpaired) electrons. The monoisotopic (exact) mass is 173 g/mol. The van der Waals surface area contributed by atoms with Crippen LogP contribution in [0.1, 0.15) is 27.2 Å². The van der Waals surface area contributed by atoms with Crippen LogP contribution in [0.25, 0.3) is 0 Å². The number of rotatable bonds is 3. The fourth-order valence-electron chi connectivity index (χ4n) is 0.581. The van der Waals surface area contributed by atoms with Gasteiger partial charge in [0.25, 0.3) is 0 Å². The van der Waals surface area contributed by atoms with Crippen molar-refractivity contribution in [1.82, 2.24) is 5.32 Å². The summed E-state index contributed by atoms with van der Waals surface area (Å²) in [5.41, 5.74) is 0.